The largest absolute Gasteiger partial charge is 0.487 e. The van der Waals surface area contributed by atoms with E-state index in [0.717, 1.165) is 4.21 Å². The summed E-state index contributed by atoms with van der Waals surface area (Å²) in [6.45, 7) is 0. The molecule has 0 aliphatic carbocycles. The van der Waals surface area contributed by atoms with Gasteiger partial charge < -0.3 is 10.1 Å². The number of hydrazone groups is 1. The van der Waals surface area contributed by atoms with Crippen LogP contribution < -0.4 is 21.0 Å². The Morgan fingerprint density at radius 2 is 1.86 bits per heavy atom. The van der Waals surface area contributed by atoms with Crippen LogP contribution in [0.25, 0.3) is 10.8 Å². The van der Waals surface area contributed by atoms with Crippen LogP contribution in [0.2, 0.25) is 0 Å². The van der Waals surface area contributed by atoms with Crippen molar-refractivity contribution in [1.29, 1.82) is 0 Å². The quantitative estimate of drug-likeness (QED) is 0.191. The number of nitrogens with zero attached hydrogens (tertiary/aromatic N) is 2. The molecular formula is C24H21N5O4S2. The molecule has 2 amide bonds. The molecule has 9 nitrogen and oxygen atoms in total. The van der Waals surface area contributed by atoms with Crippen LogP contribution in [0.3, 0.4) is 0 Å². The number of amides is 2. The lowest BCUT2D eigenvalue weighted by Crippen LogP contribution is -2.40. The topological polar surface area (TPSA) is 126 Å². The molecule has 2 aromatic carbocycles. The number of thiophene rings is 1. The van der Waals surface area contributed by atoms with Gasteiger partial charge in [-0.3, -0.25) is 14.4 Å². The van der Waals surface area contributed by atoms with E-state index in [2.05, 4.69) is 26.0 Å². The van der Waals surface area contributed by atoms with Crippen LogP contribution in [-0.4, -0.2) is 41.6 Å². The van der Waals surface area contributed by atoms with Crippen molar-refractivity contribution in [3.63, 3.8) is 0 Å². The van der Waals surface area contributed by atoms with Crippen LogP contribution in [0, 0.1) is 0 Å². The Morgan fingerprint density at radius 1 is 1.14 bits per heavy atom. The van der Waals surface area contributed by atoms with Crippen LogP contribution in [0.5, 0.6) is 5.06 Å². The van der Waals surface area contributed by atoms with E-state index >= 15 is 0 Å². The summed E-state index contributed by atoms with van der Waals surface area (Å²) in [5.41, 5.74) is 3.34. The van der Waals surface area contributed by atoms with Crippen molar-refractivity contribution in [3.05, 3.63) is 87.8 Å². The predicted molar refractivity (Wildman–Crippen MR) is 137 cm³/mol. The molecule has 0 bridgehead atoms. The number of fused-ring (bicyclic) bond motifs is 1. The van der Waals surface area contributed by atoms with Gasteiger partial charge in [0.05, 0.1) is 22.9 Å². The Balaban J connectivity index is 1.66. The summed E-state index contributed by atoms with van der Waals surface area (Å²) < 4.78 is 6.40. The van der Waals surface area contributed by atoms with Gasteiger partial charge in [-0.1, -0.05) is 47.7 Å². The third-order valence-electron chi connectivity index (χ3n) is 5.04. The molecule has 35 heavy (non-hydrogen) atoms. The van der Waals surface area contributed by atoms with E-state index in [0.29, 0.717) is 27.0 Å². The molecule has 4 rings (SSSR count). The van der Waals surface area contributed by atoms with E-state index in [9.17, 15) is 14.4 Å². The van der Waals surface area contributed by atoms with Crippen molar-refractivity contribution < 1.29 is 14.3 Å². The van der Waals surface area contributed by atoms with E-state index in [4.69, 9.17) is 4.74 Å². The van der Waals surface area contributed by atoms with Gasteiger partial charge in [-0.2, -0.15) is 10.2 Å². The van der Waals surface area contributed by atoms with Crippen molar-refractivity contribution in [2.75, 3.05) is 13.4 Å². The molecule has 3 N–H and O–H groups in total. The number of rotatable bonds is 8. The minimum absolute atomic E-state index is 0.190. The van der Waals surface area contributed by atoms with Crippen LogP contribution in [-0.2, 0) is 4.79 Å². The highest BCUT2D eigenvalue weighted by atomic mass is 32.2. The van der Waals surface area contributed by atoms with Gasteiger partial charge in [0.1, 0.15) is 5.69 Å². The Kier molecular flexibility index (Phi) is 7.58. The first-order valence-electron chi connectivity index (χ1n) is 10.4. The lowest BCUT2D eigenvalue weighted by Gasteiger charge is -2.18. The van der Waals surface area contributed by atoms with Crippen LogP contribution in [0.1, 0.15) is 27.7 Å². The number of H-pyrrole nitrogens is 1. The van der Waals surface area contributed by atoms with Gasteiger partial charge in [-0.15, -0.1) is 11.8 Å². The maximum absolute atomic E-state index is 13.2. The number of benzene rings is 2. The van der Waals surface area contributed by atoms with Gasteiger partial charge >= 0.3 is 0 Å². The van der Waals surface area contributed by atoms with Crippen LogP contribution in [0.4, 0.5) is 0 Å². The van der Waals surface area contributed by atoms with Crippen molar-refractivity contribution in [2.24, 2.45) is 5.10 Å². The Labute approximate surface area is 208 Å². The van der Waals surface area contributed by atoms with E-state index in [1.165, 1.54) is 17.6 Å². The fourth-order valence-corrected chi connectivity index (χ4v) is 4.85. The Bertz CT molecular complexity index is 1450. The Morgan fingerprint density at radius 3 is 2.57 bits per heavy atom. The number of nitrogens with one attached hydrogen (secondary N) is 3. The summed E-state index contributed by atoms with van der Waals surface area (Å²) in [6.07, 6.45) is 3.43. The molecule has 0 saturated heterocycles. The van der Waals surface area contributed by atoms with Crippen molar-refractivity contribution in [3.8, 4) is 5.06 Å². The fraction of sp³-hybridized carbons (Fsp3) is 0.125. The van der Waals surface area contributed by atoms with Gasteiger partial charge in [0.15, 0.2) is 11.1 Å². The van der Waals surface area contributed by atoms with Crippen molar-refractivity contribution >= 4 is 51.9 Å². The fourth-order valence-electron chi connectivity index (χ4n) is 3.36. The second-order valence-corrected chi connectivity index (χ2v) is 9.33. The monoisotopic (exact) mass is 507 g/mol. The number of hydrogen-bond acceptors (Lipinski definition) is 8. The molecular weight excluding hydrogens is 486 g/mol. The van der Waals surface area contributed by atoms with Crippen molar-refractivity contribution in [1.82, 2.24) is 20.9 Å². The van der Waals surface area contributed by atoms with Crippen LogP contribution in [0.15, 0.2) is 74.8 Å². The number of carbonyl (C=O) groups excluding carboxylic acids is 2. The van der Waals surface area contributed by atoms with E-state index < -0.39 is 23.4 Å². The number of aromatic amines is 1. The van der Waals surface area contributed by atoms with Gasteiger partial charge in [-0.05, 0) is 30.5 Å². The minimum Gasteiger partial charge on any atom is -0.487 e. The third kappa shape index (κ3) is 5.42. The molecule has 0 fully saturated rings. The molecule has 178 valence electrons. The third-order valence-corrected chi connectivity index (χ3v) is 7.22. The number of carbonyl (C=O) groups is 2. The van der Waals surface area contributed by atoms with Crippen molar-refractivity contribution in [2.45, 2.75) is 10.3 Å². The first-order valence-corrected chi connectivity index (χ1v) is 12.4. The molecule has 0 spiro atoms. The summed E-state index contributed by atoms with van der Waals surface area (Å²) in [5.74, 6) is -1.11. The number of hydrogen-bond donors (Lipinski definition) is 3. The molecule has 0 saturated carbocycles. The zero-order valence-corrected chi connectivity index (χ0v) is 20.4. The highest BCUT2D eigenvalue weighted by molar-refractivity contribution is 8.00. The van der Waals surface area contributed by atoms with Gasteiger partial charge in [0.2, 0.25) is 0 Å². The normalized spacial score (nSPS) is 11.9. The second kappa shape index (κ2) is 11.0. The average Bonchev–Trinajstić information content (AvgIpc) is 3.30. The Hall–Kier alpha value is -3.96. The maximum atomic E-state index is 13.2. The second-order valence-electron chi connectivity index (χ2n) is 7.21. The van der Waals surface area contributed by atoms with Gasteiger partial charge in [-0.25, -0.2) is 10.5 Å². The lowest BCUT2D eigenvalue weighted by molar-refractivity contribution is -0.123. The first kappa shape index (κ1) is 24.2. The predicted octanol–water partition coefficient (Wildman–Crippen LogP) is 3.34. The summed E-state index contributed by atoms with van der Waals surface area (Å²) in [6, 6.07) is 15.9. The number of methoxy groups -OCH3 is 1. The maximum Gasteiger partial charge on any atom is 0.272 e. The molecule has 1 atom stereocenters. The molecule has 2 aromatic heterocycles. The van der Waals surface area contributed by atoms with E-state index in [1.54, 1.807) is 73.5 Å². The highest BCUT2D eigenvalue weighted by Crippen LogP contribution is 2.34. The molecule has 4 aromatic rings. The smallest absolute Gasteiger partial charge is 0.272 e. The molecule has 0 radical (unpaired) electrons. The van der Waals surface area contributed by atoms with Gasteiger partial charge in [0, 0.05) is 16.5 Å². The summed E-state index contributed by atoms with van der Waals surface area (Å²) in [4.78, 5) is 38.4. The molecule has 0 aliphatic heterocycles. The number of thioether (sulfide) groups is 1. The first-order chi connectivity index (χ1) is 17.0. The molecule has 2 heterocycles. The molecule has 11 heteroatoms. The number of ether oxygens (including phenoxy) is 1. The average molecular weight is 508 g/mol. The minimum atomic E-state index is -1.23. The highest BCUT2D eigenvalue weighted by Gasteiger charge is 2.27. The van der Waals surface area contributed by atoms with Crippen LogP contribution >= 0.6 is 23.1 Å². The molecule has 0 unspecified atom stereocenters. The standard InChI is InChI=1S/C24H21N5O4S2/c1-33-24-15(12-18(34-2)35-24)13-25-28-23(32)20(26-21(30)14-8-4-3-5-9-14)19-16-10-6-7-11-17(16)22(31)29-27-19/h3-13,20H,1-2H3,(H,26,30)(H,28,32)(H,29,31)/b25-13-/t20-/m0/s1. The lowest BCUT2D eigenvalue weighted by atomic mass is 10.0. The van der Waals surface area contributed by atoms with E-state index in [1.807, 2.05) is 12.3 Å². The summed E-state index contributed by atoms with van der Waals surface area (Å²) in [7, 11) is 1.56. The summed E-state index contributed by atoms with van der Waals surface area (Å²) in [5, 5.41) is 14.7. The number of aromatic nitrogens is 2. The zero-order chi connectivity index (χ0) is 24.8. The molecule has 0 aliphatic rings. The van der Waals surface area contributed by atoms with Gasteiger partial charge in [0.25, 0.3) is 17.4 Å². The zero-order valence-electron chi connectivity index (χ0n) is 18.8. The SMILES string of the molecule is COc1sc(SC)cc1/C=N\NC(=O)[C@@H](NC(=O)c1ccccc1)c1n[nH]c(=O)c2ccccc12. The van der Waals surface area contributed by atoms with E-state index in [-0.39, 0.29) is 5.69 Å². The summed E-state index contributed by atoms with van der Waals surface area (Å²) >= 11 is 3.04.